The van der Waals surface area contributed by atoms with Crippen LogP contribution in [0.1, 0.15) is 60.3 Å². The number of unbranched alkanes of at least 4 members (excludes halogenated alkanes) is 1. The smallest absolute Gasteiger partial charge is 0.237 e. The summed E-state index contributed by atoms with van der Waals surface area (Å²) in [4.78, 5) is 11.3. The normalized spacial score (nSPS) is 17.7. The molecule has 1 rings (SSSR count). The summed E-state index contributed by atoms with van der Waals surface area (Å²) in [5.41, 5.74) is 0. The maximum atomic E-state index is 11.3. The lowest BCUT2D eigenvalue weighted by molar-refractivity contribution is -0.122. The second kappa shape index (κ2) is 14.4. The molecule has 2 N–H and O–H groups in total. The number of hydrogen-bond donors (Lipinski definition) is 2. The third kappa shape index (κ3) is 8.72. The van der Waals surface area contributed by atoms with Crippen LogP contribution in [0.3, 0.4) is 0 Å². The van der Waals surface area contributed by atoms with E-state index in [1.54, 1.807) is 0 Å². The molecule has 98 valence electrons. The van der Waals surface area contributed by atoms with Gasteiger partial charge in [-0.15, -0.1) is 0 Å². The van der Waals surface area contributed by atoms with E-state index in [2.05, 4.69) is 17.6 Å². The van der Waals surface area contributed by atoms with E-state index >= 15 is 0 Å². The Morgan fingerprint density at radius 2 is 1.94 bits per heavy atom. The van der Waals surface area contributed by atoms with Gasteiger partial charge in [0.2, 0.25) is 5.91 Å². The largest absolute Gasteiger partial charge is 0.355 e. The molecule has 1 saturated heterocycles. The first-order valence-electron chi connectivity index (χ1n) is 6.85. The van der Waals surface area contributed by atoms with Crippen LogP contribution in [0.4, 0.5) is 0 Å². The van der Waals surface area contributed by atoms with Gasteiger partial charge in [0.25, 0.3) is 0 Å². The van der Waals surface area contributed by atoms with Crippen LogP contribution < -0.4 is 10.6 Å². The Kier molecular flexibility index (Phi) is 16.1. The van der Waals surface area contributed by atoms with Crippen molar-refractivity contribution in [2.75, 3.05) is 13.1 Å². The summed E-state index contributed by atoms with van der Waals surface area (Å²) in [6, 6.07) is 0.0851. The van der Waals surface area contributed by atoms with Crippen molar-refractivity contribution in [3.05, 3.63) is 0 Å². The van der Waals surface area contributed by atoms with Gasteiger partial charge in [-0.1, -0.05) is 41.0 Å². The van der Waals surface area contributed by atoms with Crippen molar-refractivity contribution in [3.63, 3.8) is 0 Å². The number of amides is 1. The Bertz CT molecular complexity index is 143. The van der Waals surface area contributed by atoms with E-state index in [4.69, 9.17) is 0 Å². The van der Waals surface area contributed by atoms with Crippen LogP contribution in [-0.2, 0) is 4.79 Å². The molecule has 0 aromatic carbocycles. The Hall–Kier alpha value is -0.570. The highest BCUT2D eigenvalue weighted by molar-refractivity contribution is 5.81. The molecule has 1 amide bonds. The summed E-state index contributed by atoms with van der Waals surface area (Å²) < 4.78 is 0. The van der Waals surface area contributed by atoms with E-state index in [1.807, 2.05) is 27.7 Å². The number of rotatable bonds is 4. The minimum Gasteiger partial charge on any atom is -0.355 e. The first-order chi connectivity index (χ1) is 7.84. The van der Waals surface area contributed by atoms with Crippen molar-refractivity contribution in [1.29, 1.82) is 0 Å². The van der Waals surface area contributed by atoms with Gasteiger partial charge in [-0.3, -0.25) is 4.79 Å². The van der Waals surface area contributed by atoms with Gasteiger partial charge in [0.1, 0.15) is 0 Å². The SMILES string of the molecule is CC.CC.CCCCNC(=O)C1CCCN1. The molecule has 0 radical (unpaired) electrons. The molecule has 0 spiro atoms. The maximum Gasteiger partial charge on any atom is 0.237 e. The third-order valence-corrected chi connectivity index (χ3v) is 2.21. The fourth-order valence-electron chi connectivity index (χ4n) is 1.42. The van der Waals surface area contributed by atoms with Crippen molar-refractivity contribution in [2.24, 2.45) is 0 Å². The van der Waals surface area contributed by atoms with Crippen LogP contribution in [0.2, 0.25) is 0 Å². The first-order valence-corrected chi connectivity index (χ1v) is 6.85. The minimum absolute atomic E-state index is 0.0851. The Morgan fingerprint density at radius 1 is 1.31 bits per heavy atom. The molecule has 0 bridgehead atoms. The lowest BCUT2D eigenvalue weighted by atomic mass is 10.2. The standard InChI is InChI=1S/C9H18N2O.2C2H6/c1-2-3-6-11-9(12)8-5-4-7-10-8;2*1-2/h8,10H,2-7H2,1H3,(H,11,12);2*1-2H3. The van der Waals surface area contributed by atoms with Crippen LogP contribution in [0, 0.1) is 0 Å². The third-order valence-electron chi connectivity index (χ3n) is 2.21. The molecule has 1 aliphatic rings. The monoisotopic (exact) mass is 230 g/mol. The zero-order chi connectivity index (χ0) is 12.8. The molecule has 0 aromatic rings. The van der Waals surface area contributed by atoms with Gasteiger partial charge in [-0.2, -0.15) is 0 Å². The zero-order valence-corrected chi connectivity index (χ0v) is 11.7. The van der Waals surface area contributed by atoms with E-state index in [-0.39, 0.29) is 11.9 Å². The van der Waals surface area contributed by atoms with Gasteiger partial charge in [0, 0.05) is 6.54 Å². The van der Waals surface area contributed by atoms with Gasteiger partial charge in [0.05, 0.1) is 6.04 Å². The maximum absolute atomic E-state index is 11.3. The van der Waals surface area contributed by atoms with Crippen LogP contribution in [0.15, 0.2) is 0 Å². The second-order valence-corrected chi connectivity index (χ2v) is 3.29. The molecule has 0 aliphatic carbocycles. The highest BCUT2D eigenvalue weighted by atomic mass is 16.2. The van der Waals surface area contributed by atoms with E-state index in [1.165, 1.54) is 0 Å². The molecular formula is C13H30N2O. The summed E-state index contributed by atoms with van der Waals surface area (Å²) in [5.74, 6) is 0.181. The molecule has 1 unspecified atom stereocenters. The Balaban J connectivity index is 0. The summed E-state index contributed by atoms with van der Waals surface area (Å²) >= 11 is 0. The minimum atomic E-state index is 0.0851. The van der Waals surface area contributed by atoms with Gasteiger partial charge in [0.15, 0.2) is 0 Å². The van der Waals surface area contributed by atoms with Gasteiger partial charge in [-0.05, 0) is 25.8 Å². The fourth-order valence-corrected chi connectivity index (χ4v) is 1.42. The number of hydrogen-bond acceptors (Lipinski definition) is 2. The highest BCUT2D eigenvalue weighted by Gasteiger charge is 2.20. The molecule has 1 atom stereocenters. The van der Waals surface area contributed by atoms with Crippen molar-refractivity contribution in [1.82, 2.24) is 10.6 Å². The number of carbonyl (C=O) groups is 1. The summed E-state index contributed by atoms with van der Waals surface area (Å²) in [7, 11) is 0. The molecular weight excluding hydrogens is 200 g/mol. The van der Waals surface area contributed by atoms with Gasteiger partial charge >= 0.3 is 0 Å². The summed E-state index contributed by atoms with van der Waals surface area (Å²) in [5, 5.41) is 6.10. The molecule has 0 saturated carbocycles. The lowest BCUT2D eigenvalue weighted by Gasteiger charge is -2.09. The average molecular weight is 230 g/mol. The Labute approximate surface area is 101 Å². The molecule has 3 heteroatoms. The molecule has 1 aliphatic heterocycles. The topological polar surface area (TPSA) is 41.1 Å². The van der Waals surface area contributed by atoms with Crippen LogP contribution in [0.25, 0.3) is 0 Å². The van der Waals surface area contributed by atoms with Crippen LogP contribution in [0.5, 0.6) is 0 Å². The molecule has 1 fully saturated rings. The lowest BCUT2D eigenvalue weighted by Crippen LogP contribution is -2.40. The first kappa shape index (κ1) is 17.8. The fraction of sp³-hybridized carbons (Fsp3) is 0.923. The van der Waals surface area contributed by atoms with E-state index in [9.17, 15) is 4.79 Å². The predicted molar refractivity (Wildman–Crippen MR) is 71.6 cm³/mol. The zero-order valence-electron chi connectivity index (χ0n) is 11.7. The van der Waals surface area contributed by atoms with E-state index < -0.39 is 0 Å². The molecule has 3 nitrogen and oxygen atoms in total. The quantitative estimate of drug-likeness (QED) is 0.729. The van der Waals surface area contributed by atoms with Crippen molar-refractivity contribution < 1.29 is 4.79 Å². The molecule has 1 heterocycles. The second-order valence-electron chi connectivity index (χ2n) is 3.29. The van der Waals surface area contributed by atoms with Gasteiger partial charge in [-0.25, -0.2) is 0 Å². The Morgan fingerprint density at radius 3 is 2.38 bits per heavy atom. The van der Waals surface area contributed by atoms with Crippen molar-refractivity contribution >= 4 is 5.91 Å². The molecule has 0 aromatic heterocycles. The summed E-state index contributed by atoms with van der Waals surface area (Å²) in [6.07, 6.45) is 4.35. The van der Waals surface area contributed by atoms with E-state index in [0.29, 0.717) is 0 Å². The number of nitrogens with one attached hydrogen (secondary N) is 2. The van der Waals surface area contributed by atoms with Crippen molar-refractivity contribution in [3.8, 4) is 0 Å². The highest BCUT2D eigenvalue weighted by Crippen LogP contribution is 2.04. The number of carbonyl (C=O) groups excluding carboxylic acids is 1. The van der Waals surface area contributed by atoms with Gasteiger partial charge < -0.3 is 10.6 Å². The summed E-state index contributed by atoms with van der Waals surface area (Å²) in [6.45, 7) is 11.9. The predicted octanol–water partition coefficient (Wildman–Crippen LogP) is 2.71. The van der Waals surface area contributed by atoms with Crippen molar-refractivity contribution in [2.45, 2.75) is 66.3 Å². The van der Waals surface area contributed by atoms with Crippen LogP contribution in [-0.4, -0.2) is 25.0 Å². The van der Waals surface area contributed by atoms with E-state index in [0.717, 1.165) is 38.8 Å². The average Bonchev–Trinajstić information content (AvgIpc) is 2.88. The molecule has 16 heavy (non-hydrogen) atoms. The van der Waals surface area contributed by atoms with Crippen LogP contribution >= 0.6 is 0 Å².